The van der Waals surface area contributed by atoms with Crippen LogP contribution in [-0.2, 0) is 7.05 Å². The van der Waals surface area contributed by atoms with Crippen LogP contribution in [0.5, 0.6) is 0 Å². The van der Waals surface area contributed by atoms with E-state index in [4.69, 9.17) is 4.52 Å². The standard InChI is InChI=1S/C14H19N5O2/c1-3-18-7-8-19(14(20)11-4-9-21-16-11)10-12(18)13-15-5-6-17(13)2/h4-6,9,12H,3,7-8,10H2,1-2H3. The number of carbonyl (C=O) groups is 1. The monoisotopic (exact) mass is 289 g/mol. The lowest BCUT2D eigenvalue weighted by Crippen LogP contribution is -2.51. The minimum atomic E-state index is -0.0845. The fourth-order valence-corrected chi connectivity index (χ4v) is 2.81. The number of hydrogen-bond donors (Lipinski definition) is 0. The summed E-state index contributed by atoms with van der Waals surface area (Å²) in [6.45, 7) is 5.21. The second kappa shape index (κ2) is 5.69. The summed E-state index contributed by atoms with van der Waals surface area (Å²) in [7, 11) is 1.98. The van der Waals surface area contributed by atoms with Gasteiger partial charge in [0.15, 0.2) is 5.69 Å². The Morgan fingerprint density at radius 3 is 2.95 bits per heavy atom. The number of amides is 1. The van der Waals surface area contributed by atoms with E-state index in [-0.39, 0.29) is 11.9 Å². The largest absolute Gasteiger partial charge is 0.364 e. The van der Waals surface area contributed by atoms with Gasteiger partial charge in [0.05, 0.1) is 6.04 Å². The van der Waals surface area contributed by atoms with Gasteiger partial charge in [-0.25, -0.2) is 4.98 Å². The summed E-state index contributed by atoms with van der Waals surface area (Å²) in [5.74, 6) is 0.896. The van der Waals surface area contributed by atoms with Crippen LogP contribution in [0, 0.1) is 0 Å². The third-order valence-electron chi connectivity index (χ3n) is 4.00. The number of piperazine rings is 1. The van der Waals surface area contributed by atoms with Crippen LogP contribution in [-0.4, -0.2) is 56.6 Å². The highest BCUT2D eigenvalue weighted by atomic mass is 16.5. The number of aryl methyl sites for hydroxylation is 1. The first-order valence-electron chi connectivity index (χ1n) is 7.11. The maximum absolute atomic E-state index is 12.4. The highest BCUT2D eigenvalue weighted by Gasteiger charge is 2.32. The smallest absolute Gasteiger partial charge is 0.276 e. The predicted octanol–water partition coefficient (Wildman–Crippen LogP) is 0.927. The number of likely N-dealkylation sites (N-methyl/N-ethyl adjacent to an activating group) is 1. The zero-order valence-electron chi connectivity index (χ0n) is 12.3. The number of hydrogen-bond acceptors (Lipinski definition) is 5. The van der Waals surface area contributed by atoms with E-state index in [2.05, 4.69) is 22.0 Å². The highest BCUT2D eigenvalue weighted by molar-refractivity contribution is 5.92. The van der Waals surface area contributed by atoms with Crippen molar-refractivity contribution in [2.75, 3.05) is 26.2 Å². The van der Waals surface area contributed by atoms with Gasteiger partial charge in [0.2, 0.25) is 0 Å². The molecule has 1 saturated heterocycles. The lowest BCUT2D eigenvalue weighted by Gasteiger charge is -2.40. The summed E-state index contributed by atoms with van der Waals surface area (Å²) in [5, 5.41) is 3.74. The molecular weight excluding hydrogens is 270 g/mol. The van der Waals surface area contributed by atoms with E-state index in [1.54, 1.807) is 12.3 Å². The van der Waals surface area contributed by atoms with Crippen LogP contribution in [0.3, 0.4) is 0 Å². The molecule has 0 radical (unpaired) electrons. The Labute approximate surface area is 123 Å². The molecule has 3 heterocycles. The zero-order valence-corrected chi connectivity index (χ0v) is 12.3. The number of carbonyl (C=O) groups excluding carboxylic acids is 1. The van der Waals surface area contributed by atoms with Crippen LogP contribution in [0.1, 0.15) is 29.3 Å². The molecule has 112 valence electrons. The van der Waals surface area contributed by atoms with Crippen molar-refractivity contribution < 1.29 is 9.32 Å². The Hall–Kier alpha value is -2.15. The summed E-state index contributed by atoms with van der Waals surface area (Å²) in [6.07, 6.45) is 5.15. The minimum Gasteiger partial charge on any atom is -0.364 e. The van der Waals surface area contributed by atoms with Crippen molar-refractivity contribution in [1.29, 1.82) is 0 Å². The molecule has 7 nitrogen and oxygen atoms in total. The van der Waals surface area contributed by atoms with E-state index in [0.717, 1.165) is 18.9 Å². The van der Waals surface area contributed by atoms with Gasteiger partial charge in [-0.1, -0.05) is 12.1 Å². The van der Waals surface area contributed by atoms with Gasteiger partial charge < -0.3 is 14.0 Å². The fraction of sp³-hybridized carbons (Fsp3) is 0.500. The first-order valence-corrected chi connectivity index (χ1v) is 7.11. The van der Waals surface area contributed by atoms with Crippen molar-refractivity contribution in [2.24, 2.45) is 7.05 Å². The average molecular weight is 289 g/mol. The number of aromatic nitrogens is 3. The fourth-order valence-electron chi connectivity index (χ4n) is 2.81. The highest BCUT2D eigenvalue weighted by Crippen LogP contribution is 2.24. The van der Waals surface area contributed by atoms with Crippen molar-refractivity contribution in [3.8, 4) is 0 Å². The van der Waals surface area contributed by atoms with Gasteiger partial charge in [0.25, 0.3) is 5.91 Å². The maximum atomic E-state index is 12.4. The Morgan fingerprint density at radius 1 is 1.48 bits per heavy atom. The zero-order chi connectivity index (χ0) is 14.8. The summed E-state index contributed by atoms with van der Waals surface area (Å²) in [6, 6.07) is 1.71. The second-order valence-corrected chi connectivity index (χ2v) is 5.18. The van der Waals surface area contributed by atoms with Gasteiger partial charge in [-0.15, -0.1) is 0 Å². The normalized spacial score (nSPS) is 19.9. The molecule has 0 saturated carbocycles. The van der Waals surface area contributed by atoms with E-state index in [0.29, 0.717) is 18.8 Å². The molecule has 1 atom stereocenters. The van der Waals surface area contributed by atoms with Crippen molar-refractivity contribution in [2.45, 2.75) is 13.0 Å². The molecule has 21 heavy (non-hydrogen) atoms. The molecule has 1 amide bonds. The van der Waals surface area contributed by atoms with E-state index >= 15 is 0 Å². The lowest BCUT2D eigenvalue weighted by molar-refractivity contribution is 0.0464. The van der Waals surface area contributed by atoms with E-state index in [1.165, 1.54) is 6.26 Å². The topological polar surface area (TPSA) is 67.4 Å². The molecule has 0 aromatic carbocycles. The molecule has 1 aliphatic heterocycles. The van der Waals surface area contributed by atoms with Gasteiger partial charge in [-0.05, 0) is 6.54 Å². The summed E-state index contributed by atoms with van der Waals surface area (Å²) < 4.78 is 6.77. The molecule has 2 aromatic rings. The molecular formula is C14H19N5O2. The van der Waals surface area contributed by atoms with E-state index < -0.39 is 0 Å². The SMILES string of the molecule is CCN1CCN(C(=O)c2ccon2)CC1c1nccn1C. The third kappa shape index (κ3) is 2.56. The van der Waals surface area contributed by atoms with Crippen LogP contribution in [0.15, 0.2) is 29.2 Å². The van der Waals surface area contributed by atoms with E-state index in [9.17, 15) is 4.79 Å². The molecule has 7 heteroatoms. The molecule has 0 spiro atoms. The maximum Gasteiger partial charge on any atom is 0.276 e. The van der Waals surface area contributed by atoms with Crippen molar-refractivity contribution in [3.63, 3.8) is 0 Å². The van der Waals surface area contributed by atoms with Crippen LogP contribution >= 0.6 is 0 Å². The molecule has 1 fully saturated rings. The summed E-state index contributed by atoms with van der Waals surface area (Å²) in [4.78, 5) is 21.0. The average Bonchev–Trinajstić information content (AvgIpc) is 3.17. The molecule has 2 aromatic heterocycles. The molecule has 1 unspecified atom stereocenters. The Bertz CT molecular complexity index is 607. The van der Waals surface area contributed by atoms with Gasteiger partial charge in [-0.2, -0.15) is 0 Å². The number of imidazole rings is 1. The second-order valence-electron chi connectivity index (χ2n) is 5.18. The van der Waals surface area contributed by atoms with Crippen molar-refractivity contribution >= 4 is 5.91 Å². The minimum absolute atomic E-state index is 0.0845. The Balaban J connectivity index is 1.81. The molecule has 3 rings (SSSR count). The lowest BCUT2D eigenvalue weighted by atomic mass is 10.1. The molecule has 0 aliphatic carbocycles. The van der Waals surface area contributed by atoms with Crippen molar-refractivity contribution in [3.05, 3.63) is 36.2 Å². The third-order valence-corrected chi connectivity index (χ3v) is 4.00. The summed E-state index contributed by atoms with van der Waals surface area (Å²) in [5.41, 5.74) is 0.360. The van der Waals surface area contributed by atoms with Gasteiger partial charge in [0, 0.05) is 45.1 Å². The number of nitrogens with zero attached hydrogens (tertiary/aromatic N) is 5. The van der Waals surface area contributed by atoms with Crippen LogP contribution in [0.4, 0.5) is 0 Å². The van der Waals surface area contributed by atoms with Crippen LogP contribution in [0.25, 0.3) is 0 Å². The Morgan fingerprint density at radius 2 is 2.33 bits per heavy atom. The quantitative estimate of drug-likeness (QED) is 0.841. The number of rotatable bonds is 3. The predicted molar refractivity (Wildman–Crippen MR) is 75.6 cm³/mol. The van der Waals surface area contributed by atoms with Gasteiger partial charge in [-0.3, -0.25) is 9.69 Å². The molecule has 0 bridgehead atoms. The first kappa shape index (κ1) is 13.8. The van der Waals surface area contributed by atoms with Crippen molar-refractivity contribution in [1.82, 2.24) is 24.5 Å². The molecule has 0 N–H and O–H groups in total. The van der Waals surface area contributed by atoms with Gasteiger partial charge in [0.1, 0.15) is 12.1 Å². The van der Waals surface area contributed by atoms with Gasteiger partial charge >= 0.3 is 0 Å². The molecule has 1 aliphatic rings. The Kier molecular flexibility index (Phi) is 3.74. The summed E-state index contributed by atoms with van der Waals surface area (Å²) >= 11 is 0. The first-order chi connectivity index (χ1) is 10.2. The van der Waals surface area contributed by atoms with E-state index in [1.807, 2.05) is 22.7 Å². The van der Waals surface area contributed by atoms with Crippen LogP contribution < -0.4 is 0 Å². The van der Waals surface area contributed by atoms with Crippen LogP contribution in [0.2, 0.25) is 0 Å².